The van der Waals surface area contributed by atoms with Gasteiger partial charge in [-0.1, -0.05) is 0 Å². The van der Waals surface area contributed by atoms with Crippen molar-refractivity contribution < 1.29 is 9.53 Å². The Morgan fingerprint density at radius 3 is 3.00 bits per heavy atom. The average molecular weight is 196 g/mol. The summed E-state index contributed by atoms with van der Waals surface area (Å²) in [5.41, 5.74) is 6.30. The van der Waals surface area contributed by atoms with Gasteiger partial charge >= 0.3 is 0 Å². The minimum Gasteiger partial charge on any atom is -0.396 e. The first-order valence-electron chi connectivity index (χ1n) is 4.33. The van der Waals surface area contributed by atoms with E-state index in [1.165, 1.54) is 6.20 Å². The molecule has 0 bridgehead atoms. The number of carbonyl (C=O) groups excluding carboxylic acids is 1. The molecule has 0 unspecified atom stereocenters. The molecule has 6 heteroatoms. The minimum absolute atomic E-state index is 0.117. The molecule has 1 saturated heterocycles. The van der Waals surface area contributed by atoms with Crippen molar-refractivity contribution >= 4 is 11.6 Å². The molecule has 0 spiro atoms. The largest absolute Gasteiger partial charge is 0.396 e. The molecule has 1 aromatic heterocycles. The zero-order valence-corrected chi connectivity index (χ0v) is 7.86. The van der Waals surface area contributed by atoms with Crippen molar-refractivity contribution in [2.45, 2.75) is 6.10 Å². The highest BCUT2D eigenvalue weighted by Crippen LogP contribution is 2.16. The van der Waals surface area contributed by atoms with E-state index in [1.54, 1.807) is 12.0 Å². The second-order valence-corrected chi connectivity index (χ2v) is 3.27. The molecule has 1 fully saturated rings. The highest BCUT2D eigenvalue weighted by molar-refractivity contribution is 5.97. The van der Waals surface area contributed by atoms with E-state index in [1.807, 2.05) is 0 Å². The number of hydrogen-bond acceptors (Lipinski definition) is 4. The first-order valence-corrected chi connectivity index (χ1v) is 4.33. The average Bonchev–Trinajstić information content (AvgIpc) is 2.49. The van der Waals surface area contributed by atoms with Crippen molar-refractivity contribution in [1.82, 2.24) is 15.1 Å². The molecule has 3 N–H and O–H groups in total. The van der Waals surface area contributed by atoms with Gasteiger partial charge in [0.2, 0.25) is 0 Å². The van der Waals surface area contributed by atoms with Crippen LogP contribution in [0.15, 0.2) is 6.20 Å². The summed E-state index contributed by atoms with van der Waals surface area (Å²) in [6.45, 7) is 1.24. The van der Waals surface area contributed by atoms with E-state index >= 15 is 0 Å². The number of amides is 1. The number of ether oxygens (including phenoxy) is 1. The SMILES string of the molecule is COC1CN(C(=O)c2[nH]ncc2N)C1. The summed E-state index contributed by atoms with van der Waals surface area (Å²) >= 11 is 0. The number of methoxy groups -OCH3 is 1. The fourth-order valence-electron chi connectivity index (χ4n) is 1.38. The predicted octanol–water partition coefficient (Wildman–Crippen LogP) is -0.537. The molecular weight excluding hydrogens is 184 g/mol. The molecule has 6 nitrogen and oxygen atoms in total. The number of nitrogen functional groups attached to an aromatic ring is 1. The van der Waals surface area contributed by atoms with Crippen molar-refractivity contribution in [1.29, 1.82) is 0 Å². The molecule has 0 radical (unpaired) electrons. The summed E-state index contributed by atoms with van der Waals surface area (Å²) in [5, 5.41) is 6.27. The standard InChI is InChI=1S/C8H12N4O2/c1-14-5-3-12(4-5)8(13)7-6(9)2-10-11-7/h2,5H,3-4,9H2,1H3,(H,10,11). The van der Waals surface area contributed by atoms with Crippen LogP contribution >= 0.6 is 0 Å². The van der Waals surface area contributed by atoms with Crippen LogP contribution in [0.4, 0.5) is 5.69 Å². The molecule has 0 aliphatic carbocycles. The van der Waals surface area contributed by atoms with Gasteiger partial charge < -0.3 is 15.4 Å². The van der Waals surface area contributed by atoms with Crippen LogP contribution in [0.3, 0.4) is 0 Å². The number of aromatic amines is 1. The molecule has 0 atom stereocenters. The number of anilines is 1. The van der Waals surface area contributed by atoms with E-state index in [9.17, 15) is 4.79 Å². The molecule has 1 aliphatic rings. The number of carbonyl (C=O) groups is 1. The molecule has 76 valence electrons. The number of nitrogens with zero attached hydrogens (tertiary/aromatic N) is 2. The second kappa shape index (κ2) is 3.30. The topological polar surface area (TPSA) is 84.2 Å². The van der Waals surface area contributed by atoms with Gasteiger partial charge in [-0.15, -0.1) is 0 Å². The Morgan fingerprint density at radius 2 is 2.50 bits per heavy atom. The second-order valence-electron chi connectivity index (χ2n) is 3.27. The number of hydrogen-bond donors (Lipinski definition) is 2. The van der Waals surface area contributed by atoms with Gasteiger partial charge in [-0.05, 0) is 0 Å². The Hall–Kier alpha value is -1.56. The fourth-order valence-corrected chi connectivity index (χ4v) is 1.38. The summed E-state index contributed by atoms with van der Waals surface area (Å²) in [4.78, 5) is 13.4. The molecule has 2 rings (SSSR count). The Kier molecular flexibility index (Phi) is 2.12. The van der Waals surface area contributed by atoms with Crippen LogP contribution in [0.5, 0.6) is 0 Å². The number of H-pyrrole nitrogens is 1. The Labute approximate surface area is 81.0 Å². The van der Waals surface area contributed by atoms with Crippen molar-refractivity contribution in [2.75, 3.05) is 25.9 Å². The van der Waals surface area contributed by atoms with Gasteiger partial charge in [-0.25, -0.2) is 0 Å². The van der Waals surface area contributed by atoms with Crippen molar-refractivity contribution in [2.24, 2.45) is 0 Å². The number of nitrogens with one attached hydrogen (secondary N) is 1. The molecular formula is C8H12N4O2. The van der Waals surface area contributed by atoms with Gasteiger partial charge in [0.15, 0.2) is 0 Å². The number of aromatic nitrogens is 2. The van der Waals surface area contributed by atoms with Gasteiger partial charge in [0.25, 0.3) is 5.91 Å². The van der Waals surface area contributed by atoms with Crippen LogP contribution in [0.25, 0.3) is 0 Å². The van der Waals surface area contributed by atoms with Crippen LogP contribution in [0.1, 0.15) is 10.5 Å². The van der Waals surface area contributed by atoms with Crippen molar-refractivity contribution in [3.8, 4) is 0 Å². The van der Waals surface area contributed by atoms with Gasteiger partial charge in [-0.3, -0.25) is 9.89 Å². The van der Waals surface area contributed by atoms with Gasteiger partial charge in [-0.2, -0.15) is 5.10 Å². The highest BCUT2D eigenvalue weighted by Gasteiger charge is 2.32. The van der Waals surface area contributed by atoms with Gasteiger partial charge in [0.05, 0.1) is 18.0 Å². The minimum atomic E-state index is -0.117. The monoisotopic (exact) mass is 196 g/mol. The van der Waals surface area contributed by atoms with E-state index < -0.39 is 0 Å². The zero-order chi connectivity index (χ0) is 10.1. The smallest absolute Gasteiger partial charge is 0.274 e. The third-order valence-electron chi connectivity index (χ3n) is 2.35. The molecule has 2 heterocycles. The maximum atomic E-state index is 11.7. The van der Waals surface area contributed by atoms with E-state index in [4.69, 9.17) is 10.5 Å². The van der Waals surface area contributed by atoms with E-state index in [0.717, 1.165) is 0 Å². The third kappa shape index (κ3) is 1.33. The maximum Gasteiger partial charge on any atom is 0.274 e. The van der Waals surface area contributed by atoms with Crippen LogP contribution in [-0.2, 0) is 4.74 Å². The molecule has 1 aliphatic heterocycles. The Morgan fingerprint density at radius 1 is 1.79 bits per heavy atom. The van der Waals surface area contributed by atoms with Crippen LogP contribution in [-0.4, -0.2) is 47.3 Å². The maximum absolute atomic E-state index is 11.7. The summed E-state index contributed by atoms with van der Waals surface area (Å²) in [6, 6.07) is 0. The van der Waals surface area contributed by atoms with Crippen LogP contribution in [0.2, 0.25) is 0 Å². The first-order chi connectivity index (χ1) is 6.72. The summed E-state index contributed by atoms with van der Waals surface area (Å²) in [5.74, 6) is -0.117. The predicted molar refractivity (Wildman–Crippen MR) is 49.7 cm³/mol. The fraction of sp³-hybridized carbons (Fsp3) is 0.500. The molecule has 1 aromatic rings. The molecule has 0 aromatic carbocycles. The summed E-state index contributed by atoms with van der Waals surface area (Å²) in [7, 11) is 1.64. The lowest BCUT2D eigenvalue weighted by molar-refractivity contribution is -0.0194. The number of nitrogens with two attached hydrogens (primary N) is 1. The Bertz CT molecular complexity index is 343. The van der Waals surface area contributed by atoms with Crippen LogP contribution < -0.4 is 5.73 Å². The number of rotatable bonds is 2. The first kappa shape index (κ1) is 9.01. The van der Waals surface area contributed by atoms with Gasteiger partial charge in [0.1, 0.15) is 5.69 Å². The summed E-state index contributed by atoms with van der Waals surface area (Å²) in [6.07, 6.45) is 1.59. The lowest BCUT2D eigenvalue weighted by Gasteiger charge is -2.37. The van der Waals surface area contributed by atoms with Gasteiger partial charge in [0, 0.05) is 20.2 Å². The van der Waals surface area contributed by atoms with E-state index in [0.29, 0.717) is 24.5 Å². The molecule has 0 saturated carbocycles. The third-order valence-corrected chi connectivity index (χ3v) is 2.35. The molecule has 14 heavy (non-hydrogen) atoms. The normalized spacial score (nSPS) is 16.8. The summed E-state index contributed by atoms with van der Waals surface area (Å²) < 4.78 is 5.06. The molecule has 1 amide bonds. The zero-order valence-electron chi connectivity index (χ0n) is 7.86. The number of likely N-dealkylation sites (tertiary alicyclic amines) is 1. The lowest BCUT2D eigenvalue weighted by atomic mass is 10.1. The quantitative estimate of drug-likeness (QED) is 0.665. The van der Waals surface area contributed by atoms with Crippen molar-refractivity contribution in [3.63, 3.8) is 0 Å². The van der Waals surface area contributed by atoms with Crippen LogP contribution in [0, 0.1) is 0 Å². The van der Waals surface area contributed by atoms with Crippen molar-refractivity contribution in [3.05, 3.63) is 11.9 Å². The lowest BCUT2D eigenvalue weighted by Crippen LogP contribution is -2.54. The van der Waals surface area contributed by atoms with E-state index in [-0.39, 0.29) is 12.0 Å². The highest BCUT2D eigenvalue weighted by atomic mass is 16.5. The Balaban J connectivity index is 2.01. The van der Waals surface area contributed by atoms with E-state index in [2.05, 4.69) is 10.2 Å².